The first-order valence-electron chi connectivity index (χ1n) is 14.3. The second-order valence-corrected chi connectivity index (χ2v) is 10.9. The maximum absolute atomic E-state index is 14.0. The summed E-state index contributed by atoms with van der Waals surface area (Å²) in [5.74, 6) is 1.02. The van der Waals surface area contributed by atoms with E-state index in [1.54, 1.807) is 6.20 Å². The number of nitrogens with zero attached hydrogens (tertiary/aromatic N) is 3. The quantitative estimate of drug-likeness (QED) is 0.376. The van der Waals surface area contributed by atoms with Crippen LogP contribution in [-0.4, -0.2) is 45.8 Å². The summed E-state index contributed by atoms with van der Waals surface area (Å²) in [6.07, 6.45) is 13.0. The Hall–Kier alpha value is -2.93. The fourth-order valence-corrected chi connectivity index (χ4v) is 6.26. The number of pyridine rings is 1. The van der Waals surface area contributed by atoms with E-state index in [1.165, 1.54) is 37.7 Å². The molecule has 0 spiro atoms. The molecule has 1 aromatic carbocycles. The maximum atomic E-state index is 14.0. The molecule has 0 radical (unpaired) electrons. The summed E-state index contributed by atoms with van der Waals surface area (Å²) in [5.41, 5.74) is 3.59. The zero-order chi connectivity index (χ0) is 25.6. The van der Waals surface area contributed by atoms with Crippen molar-refractivity contribution in [3.63, 3.8) is 0 Å². The second kappa shape index (κ2) is 12.1. The first kappa shape index (κ1) is 25.7. The molecule has 198 valence electrons. The number of benzene rings is 1. The van der Waals surface area contributed by atoms with Crippen molar-refractivity contribution in [1.82, 2.24) is 25.4 Å². The van der Waals surface area contributed by atoms with Crippen LogP contribution >= 0.6 is 0 Å². The predicted octanol–water partition coefficient (Wildman–Crippen LogP) is 5.17. The van der Waals surface area contributed by atoms with Crippen LogP contribution in [0.2, 0.25) is 0 Å². The number of aromatic nitrogens is 3. The zero-order valence-corrected chi connectivity index (χ0v) is 22.4. The monoisotopic (exact) mass is 502 g/mol. The summed E-state index contributed by atoms with van der Waals surface area (Å²) in [4.78, 5) is 18.7. The molecule has 3 aromatic rings. The number of hydrogen-bond acceptors (Lipinski definition) is 5. The molecule has 2 aliphatic rings. The fraction of sp³-hybridized carbons (Fsp3) is 0.567. The van der Waals surface area contributed by atoms with Gasteiger partial charge in [-0.05, 0) is 76.4 Å². The van der Waals surface area contributed by atoms with Crippen LogP contribution in [0, 0.1) is 11.8 Å². The lowest BCUT2D eigenvalue weighted by Crippen LogP contribution is -2.46. The van der Waals surface area contributed by atoms with E-state index in [0.29, 0.717) is 17.4 Å². The topological polar surface area (TPSA) is 83.9 Å². The third-order valence-electron chi connectivity index (χ3n) is 8.51. The van der Waals surface area contributed by atoms with Crippen LogP contribution in [0.1, 0.15) is 74.7 Å². The van der Waals surface area contributed by atoms with Gasteiger partial charge in [-0.25, -0.2) is 9.67 Å². The van der Waals surface area contributed by atoms with Crippen molar-refractivity contribution in [2.45, 2.75) is 83.8 Å². The van der Waals surface area contributed by atoms with E-state index in [-0.39, 0.29) is 18.0 Å². The molecule has 1 aliphatic heterocycles. The number of nitrogens with one attached hydrogen (secondary N) is 3. The summed E-state index contributed by atoms with van der Waals surface area (Å²) in [7, 11) is 0. The summed E-state index contributed by atoms with van der Waals surface area (Å²) in [6.45, 7) is 7.08. The number of piperidine rings is 1. The molecular weight excluding hydrogens is 460 g/mol. The van der Waals surface area contributed by atoms with Gasteiger partial charge in [0.05, 0.1) is 22.8 Å². The van der Waals surface area contributed by atoms with E-state index < -0.39 is 0 Å². The Morgan fingerprint density at radius 2 is 1.81 bits per heavy atom. The first-order valence-corrected chi connectivity index (χ1v) is 14.3. The van der Waals surface area contributed by atoms with Gasteiger partial charge in [0.25, 0.3) is 5.91 Å². The molecule has 37 heavy (non-hydrogen) atoms. The minimum absolute atomic E-state index is 0.0449. The summed E-state index contributed by atoms with van der Waals surface area (Å²) >= 11 is 0. The van der Waals surface area contributed by atoms with Crippen molar-refractivity contribution in [3.8, 4) is 0 Å². The number of carbonyl (C=O) groups is 1. The van der Waals surface area contributed by atoms with Gasteiger partial charge < -0.3 is 16.0 Å². The number of carbonyl (C=O) groups excluding carboxylic acids is 1. The van der Waals surface area contributed by atoms with Crippen molar-refractivity contribution < 1.29 is 4.79 Å². The minimum Gasteiger partial charge on any atom is -0.381 e. The molecule has 7 nitrogen and oxygen atoms in total. The van der Waals surface area contributed by atoms with E-state index in [4.69, 9.17) is 4.98 Å². The Labute approximate surface area is 220 Å². The van der Waals surface area contributed by atoms with Gasteiger partial charge in [-0.1, -0.05) is 49.6 Å². The Kier molecular flexibility index (Phi) is 8.39. The molecule has 7 heteroatoms. The van der Waals surface area contributed by atoms with Gasteiger partial charge in [0, 0.05) is 24.8 Å². The molecule has 1 aliphatic carbocycles. The van der Waals surface area contributed by atoms with E-state index in [1.807, 2.05) is 16.9 Å². The van der Waals surface area contributed by atoms with E-state index in [0.717, 1.165) is 55.6 Å². The van der Waals surface area contributed by atoms with Crippen molar-refractivity contribution in [3.05, 3.63) is 53.9 Å². The predicted molar refractivity (Wildman–Crippen MR) is 150 cm³/mol. The first-order chi connectivity index (χ1) is 18.1. The molecule has 2 aromatic heterocycles. The van der Waals surface area contributed by atoms with Crippen LogP contribution in [0.15, 0.2) is 42.7 Å². The third-order valence-corrected chi connectivity index (χ3v) is 8.51. The molecule has 1 saturated carbocycles. The molecule has 1 saturated heterocycles. The second-order valence-electron chi connectivity index (χ2n) is 10.9. The Morgan fingerprint density at radius 1 is 1.05 bits per heavy atom. The lowest BCUT2D eigenvalue weighted by atomic mass is 9.84. The molecule has 0 bridgehead atoms. The summed E-state index contributed by atoms with van der Waals surface area (Å²) < 4.78 is 1.90. The smallest absolute Gasteiger partial charge is 0.255 e. The molecule has 3 heterocycles. The average molecular weight is 503 g/mol. The van der Waals surface area contributed by atoms with Gasteiger partial charge in [-0.3, -0.25) is 4.79 Å². The Bertz CT molecular complexity index is 1160. The summed E-state index contributed by atoms with van der Waals surface area (Å²) in [6, 6.07) is 10.9. The molecule has 1 amide bonds. The fourth-order valence-electron chi connectivity index (χ4n) is 6.26. The molecule has 2 atom stereocenters. The lowest BCUT2D eigenvalue weighted by Gasteiger charge is -2.32. The van der Waals surface area contributed by atoms with Crippen molar-refractivity contribution in [1.29, 1.82) is 0 Å². The van der Waals surface area contributed by atoms with E-state index >= 15 is 0 Å². The number of aryl methyl sites for hydroxylation is 1. The van der Waals surface area contributed by atoms with Gasteiger partial charge in [0.2, 0.25) is 0 Å². The molecular formula is C30H42N6O. The number of fused-ring (bicyclic) bond motifs is 1. The average Bonchev–Trinajstić information content (AvgIpc) is 3.38. The van der Waals surface area contributed by atoms with Crippen molar-refractivity contribution in [2.24, 2.45) is 11.8 Å². The highest BCUT2D eigenvalue weighted by Gasteiger charge is 2.29. The lowest BCUT2D eigenvalue weighted by molar-refractivity contribution is 0.0915. The third kappa shape index (κ3) is 5.98. The van der Waals surface area contributed by atoms with E-state index in [2.05, 4.69) is 59.2 Å². The zero-order valence-electron chi connectivity index (χ0n) is 22.4. The highest BCUT2D eigenvalue weighted by Crippen LogP contribution is 2.32. The van der Waals surface area contributed by atoms with Crippen LogP contribution in [0.5, 0.6) is 0 Å². The Morgan fingerprint density at radius 3 is 2.54 bits per heavy atom. The van der Waals surface area contributed by atoms with Crippen LogP contribution in [0.4, 0.5) is 5.69 Å². The van der Waals surface area contributed by atoms with Gasteiger partial charge in [0.15, 0.2) is 5.65 Å². The number of rotatable bonds is 9. The van der Waals surface area contributed by atoms with Gasteiger partial charge in [0.1, 0.15) is 0 Å². The molecule has 5 rings (SSSR count). The Balaban J connectivity index is 1.44. The standard InChI is InChI=1S/C30H42N6O/c1-3-36-29-25(20-33-36)28(34-21(2)23-12-8-5-9-13-23)26(19-32-29)30(37)35-27(24-14-16-31-17-15-24)18-22-10-6-4-7-11-22/h4,6-7,10-11,19-21,23-24,27,31H,3,5,8-9,12-18H2,1-2H3,(H,32,34)(H,35,37). The van der Waals surface area contributed by atoms with Crippen LogP contribution in [-0.2, 0) is 13.0 Å². The number of anilines is 1. The van der Waals surface area contributed by atoms with Crippen molar-refractivity contribution in [2.75, 3.05) is 18.4 Å². The maximum Gasteiger partial charge on any atom is 0.255 e. The number of hydrogen-bond donors (Lipinski definition) is 3. The highest BCUT2D eigenvalue weighted by molar-refractivity contribution is 6.06. The van der Waals surface area contributed by atoms with Gasteiger partial charge in [-0.2, -0.15) is 5.10 Å². The van der Waals surface area contributed by atoms with Gasteiger partial charge in [-0.15, -0.1) is 0 Å². The molecule has 2 unspecified atom stereocenters. The SMILES string of the molecule is CCn1ncc2c(NC(C)C3CCCCC3)c(C(=O)NC(Cc3ccccc3)C3CCNCC3)cnc21. The largest absolute Gasteiger partial charge is 0.381 e. The highest BCUT2D eigenvalue weighted by atomic mass is 16.1. The van der Waals surface area contributed by atoms with Crippen LogP contribution in [0.25, 0.3) is 11.0 Å². The van der Waals surface area contributed by atoms with Crippen LogP contribution < -0.4 is 16.0 Å². The van der Waals surface area contributed by atoms with E-state index in [9.17, 15) is 4.79 Å². The van der Waals surface area contributed by atoms with Crippen molar-refractivity contribution >= 4 is 22.6 Å². The molecule has 2 fully saturated rings. The summed E-state index contributed by atoms with van der Waals surface area (Å²) in [5, 5.41) is 16.2. The normalized spacial score (nSPS) is 19.0. The van der Waals surface area contributed by atoms with Gasteiger partial charge >= 0.3 is 0 Å². The minimum atomic E-state index is -0.0449. The molecule has 3 N–H and O–H groups in total. The van der Waals surface area contributed by atoms with Crippen LogP contribution in [0.3, 0.4) is 0 Å². The number of amides is 1.